The van der Waals surface area contributed by atoms with Gasteiger partial charge in [-0.25, -0.2) is 0 Å². The molecule has 1 aliphatic carbocycles. The average molecular weight is 251 g/mol. The number of hydrogen-bond acceptors (Lipinski definition) is 3. The van der Waals surface area contributed by atoms with E-state index in [9.17, 15) is 9.59 Å². The molecule has 0 aromatic carbocycles. The molecule has 1 heterocycles. The molecular weight excluding hydrogens is 234 g/mol. The maximum atomic E-state index is 12.0. The van der Waals surface area contributed by atoms with Crippen LogP contribution in [-0.4, -0.2) is 33.3 Å². The quantitative estimate of drug-likeness (QED) is 0.822. The Labute approximate surface area is 105 Å². The first-order valence-electron chi connectivity index (χ1n) is 5.89. The number of hydrogen-bond donors (Lipinski definition) is 2. The monoisotopic (exact) mass is 251 g/mol. The third-order valence-corrected chi connectivity index (χ3v) is 3.63. The van der Waals surface area contributed by atoms with Gasteiger partial charge in [-0.05, 0) is 26.7 Å². The molecule has 6 heteroatoms. The summed E-state index contributed by atoms with van der Waals surface area (Å²) in [5, 5.41) is 15.9. The number of aromatic nitrogens is 2. The first-order valence-corrected chi connectivity index (χ1v) is 5.89. The Hall–Kier alpha value is -1.85. The molecule has 98 valence electrons. The van der Waals surface area contributed by atoms with Gasteiger partial charge in [0.1, 0.15) is 0 Å². The minimum absolute atomic E-state index is 0.189. The van der Waals surface area contributed by atoms with Crippen LogP contribution < -0.4 is 5.32 Å². The van der Waals surface area contributed by atoms with E-state index in [0.29, 0.717) is 24.1 Å². The predicted molar refractivity (Wildman–Crippen MR) is 64.3 cm³/mol. The molecule has 1 aromatic rings. The summed E-state index contributed by atoms with van der Waals surface area (Å²) in [7, 11) is 1.78. The van der Waals surface area contributed by atoms with Crippen LogP contribution in [0.25, 0.3) is 0 Å². The molecule has 18 heavy (non-hydrogen) atoms. The SMILES string of the molecule is Cc1nn(C)c(C)c1C(=O)NCC1(C(=O)O)CC1. The second-order valence-electron chi connectivity index (χ2n) is 4.94. The molecule has 0 saturated heterocycles. The summed E-state index contributed by atoms with van der Waals surface area (Å²) in [5.74, 6) is -1.08. The lowest BCUT2D eigenvalue weighted by atomic mass is 10.1. The van der Waals surface area contributed by atoms with Crippen LogP contribution in [0, 0.1) is 19.3 Å². The van der Waals surface area contributed by atoms with Crippen molar-refractivity contribution in [3.63, 3.8) is 0 Å². The van der Waals surface area contributed by atoms with Crippen molar-refractivity contribution in [3.8, 4) is 0 Å². The second-order valence-corrected chi connectivity index (χ2v) is 4.94. The molecule has 1 aromatic heterocycles. The van der Waals surface area contributed by atoms with E-state index in [4.69, 9.17) is 5.11 Å². The van der Waals surface area contributed by atoms with Gasteiger partial charge >= 0.3 is 5.97 Å². The smallest absolute Gasteiger partial charge is 0.311 e. The maximum Gasteiger partial charge on any atom is 0.311 e. The highest BCUT2D eigenvalue weighted by Crippen LogP contribution is 2.45. The lowest BCUT2D eigenvalue weighted by Gasteiger charge is -2.11. The average Bonchev–Trinajstić information content (AvgIpc) is 3.02. The molecule has 0 bridgehead atoms. The highest BCUT2D eigenvalue weighted by Gasteiger charge is 2.50. The minimum atomic E-state index is -0.831. The van der Waals surface area contributed by atoms with E-state index in [1.54, 1.807) is 18.7 Å². The molecule has 1 amide bonds. The number of nitrogens with zero attached hydrogens (tertiary/aromatic N) is 2. The van der Waals surface area contributed by atoms with Crippen molar-refractivity contribution in [3.05, 3.63) is 17.0 Å². The van der Waals surface area contributed by atoms with Crippen molar-refractivity contribution in [2.75, 3.05) is 6.54 Å². The molecule has 1 aliphatic rings. The van der Waals surface area contributed by atoms with Crippen molar-refractivity contribution in [1.82, 2.24) is 15.1 Å². The van der Waals surface area contributed by atoms with Crippen molar-refractivity contribution in [1.29, 1.82) is 0 Å². The lowest BCUT2D eigenvalue weighted by molar-refractivity contribution is -0.143. The molecule has 1 saturated carbocycles. The van der Waals surface area contributed by atoms with E-state index in [0.717, 1.165) is 5.69 Å². The number of carbonyl (C=O) groups excluding carboxylic acids is 1. The summed E-state index contributed by atoms with van der Waals surface area (Å²) in [6.07, 6.45) is 1.27. The van der Waals surface area contributed by atoms with Gasteiger partial charge in [-0.3, -0.25) is 14.3 Å². The molecule has 0 spiro atoms. The van der Waals surface area contributed by atoms with E-state index >= 15 is 0 Å². The predicted octanol–water partition coefficient (Wildman–Crippen LogP) is 0.632. The summed E-state index contributed by atoms with van der Waals surface area (Å²) < 4.78 is 1.65. The fraction of sp³-hybridized carbons (Fsp3) is 0.583. The Balaban J connectivity index is 2.07. The van der Waals surface area contributed by atoms with Crippen molar-refractivity contribution in [2.45, 2.75) is 26.7 Å². The summed E-state index contributed by atoms with van der Waals surface area (Å²) in [6.45, 7) is 3.78. The van der Waals surface area contributed by atoms with Crippen LogP contribution in [0.2, 0.25) is 0 Å². The Bertz CT molecular complexity index is 515. The van der Waals surface area contributed by atoms with Crippen LogP contribution in [0.3, 0.4) is 0 Å². The third kappa shape index (κ3) is 1.98. The molecule has 0 aliphatic heterocycles. The number of carbonyl (C=O) groups is 2. The Morgan fingerprint density at radius 1 is 1.44 bits per heavy atom. The summed E-state index contributed by atoms with van der Waals surface area (Å²) in [6, 6.07) is 0. The minimum Gasteiger partial charge on any atom is -0.481 e. The van der Waals surface area contributed by atoms with Gasteiger partial charge in [-0.1, -0.05) is 0 Å². The Kier molecular flexibility index (Phi) is 2.88. The molecule has 0 radical (unpaired) electrons. The Morgan fingerprint density at radius 3 is 2.44 bits per heavy atom. The Morgan fingerprint density at radius 2 is 2.06 bits per heavy atom. The van der Waals surface area contributed by atoms with Crippen molar-refractivity contribution >= 4 is 11.9 Å². The molecule has 2 rings (SSSR count). The van der Waals surface area contributed by atoms with Gasteiger partial charge in [0, 0.05) is 19.3 Å². The number of rotatable bonds is 4. The fourth-order valence-corrected chi connectivity index (χ4v) is 2.06. The molecule has 1 fully saturated rings. The number of carboxylic acid groups (broad SMARTS) is 1. The standard InChI is InChI=1S/C12H17N3O3/c1-7-9(8(2)15(3)14-7)10(16)13-6-12(4-5-12)11(17)18/h4-6H2,1-3H3,(H,13,16)(H,17,18). The van der Waals surface area contributed by atoms with Crippen LogP contribution in [0.15, 0.2) is 0 Å². The topological polar surface area (TPSA) is 84.2 Å². The number of aryl methyl sites for hydroxylation is 2. The number of carboxylic acids is 1. The second kappa shape index (κ2) is 4.12. The van der Waals surface area contributed by atoms with E-state index < -0.39 is 11.4 Å². The highest BCUT2D eigenvalue weighted by molar-refractivity contribution is 5.96. The highest BCUT2D eigenvalue weighted by atomic mass is 16.4. The zero-order valence-corrected chi connectivity index (χ0v) is 10.8. The molecule has 0 atom stereocenters. The molecule has 0 unspecified atom stereocenters. The summed E-state index contributed by atoms with van der Waals surface area (Å²) in [5.41, 5.74) is 1.25. The van der Waals surface area contributed by atoms with Gasteiger partial charge in [0.15, 0.2) is 0 Å². The molecule has 6 nitrogen and oxygen atoms in total. The number of amides is 1. The van der Waals surface area contributed by atoms with Gasteiger partial charge < -0.3 is 10.4 Å². The summed E-state index contributed by atoms with van der Waals surface area (Å²) >= 11 is 0. The van der Waals surface area contributed by atoms with Crippen molar-refractivity contribution in [2.24, 2.45) is 12.5 Å². The van der Waals surface area contributed by atoms with E-state index in [-0.39, 0.29) is 12.5 Å². The lowest BCUT2D eigenvalue weighted by Crippen LogP contribution is -2.34. The van der Waals surface area contributed by atoms with Gasteiger partial charge in [-0.15, -0.1) is 0 Å². The largest absolute Gasteiger partial charge is 0.481 e. The van der Waals surface area contributed by atoms with E-state index in [2.05, 4.69) is 10.4 Å². The van der Waals surface area contributed by atoms with Gasteiger partial charge in [0.05, 0.1) is 16.7 Å². The normalized spacial score (nSPS) is 16.4. The third-order valence-electron chi connectivity index (χ3n) is 3.63. The van der Waals surface area contributed by atoms with E-state index in [1.807, 2.05) is 6.92 Å². The molecule has 2 N–H and O–H groups in total. The van der Waals surface area contributed by atoms with Crippen LogP contribution in [0.4, 0.5) is 0 Å². The first kappa shape index (κ1) is 12.6. The van der Waals surface area contributed by atoms with Crippen molar-refractivity contribution < 1.29 is 14.7 Å². The zero-order valence-electron chi connectivity index (χ0n) is 10.8. The van der Waals surface area contributed by atoms with Gasteiger partial charge in [0.25, 0.3) is 5.91 Å². The molecular formula is C12H17N3O3. The van der Waals surface area contributed by atoms with Crippen LogP contribution in [0.1, 0.15) is 34.6 Å². The van der Waals surface area contributed by atoms with Crippen LogP contribution in [0.5, 0.6) is 0 Å². The fourth-order valence-electron chi connectivity index (χ4n) is 2.06. The van der Waals surface area contributed by atoms with Crippen LogP contribution in [-0.2, 0) is 11.8 Å². The maximum absolute atomic E-state index is 12.0. The van der Waals surface area contributed by atoms with Gasteiger partial charge in [-0.2, -0.15) is 5.10 Å². The number of nitrogens with one attached hydrogen (secondary N) is 1. The number of aliphatic carboxylic acids is 1. The zero-order chi connectivity index (χ0) is 13.5. The first-order chi connectivity index (χ1) is 8.37. The van der Waals surface area contributed by atoms with Crippen LogP contribution >= 0.6 is 0 Å². The van der Waals surface area contributed by atoms with Gasteiger partial charge in [0.2, 0.25) is 0 Å². The summed E-state index contributed by atoms with van der Waals surface area (Å²) in [4.78, 5) is 23.0. The van der Waals surface area contributed by atoms with E-state index in [1.165, 1.54) is 0 Å².